The standard InChI is InChI=1S/C21H19ClN2O6S/c1-24(2)31(28,29)18-11-14(8-10-17(18)22)23-19(25)12-30-21(27)16-9-7-13-5-3-4-6-15(13)20(16)26/h3-11,26H,12H2,1-2H3,(H,23,25). The molecule has 0 fully saturated rings. The van der Waals surface area contributed by atoms with Gasteiger partial charge in [0.15, 0.2) is 6.61 Å². The van der Waals surface area contributed by atoms with E-state index in [-0.39, 0.29) is 26.9 Å². The molecule has 0 heterocycles. The van der Waals surface area contributed by atoms with E-state index in [1.165, 1.54) is 38.4 Å². The third-order valence-electron chi connectivity index (χ3n) is 4.43. The molecule has 8 nitrogen and oxygen atoms in total. The molecule has 0 saturated heterocycles. The summed E-state index contributed by atoms with van der Waals surface area (Å²) in [4.78, 5) is 24.3. The third kappa shape index (κ3) is 4.79. The molecule has 3 aromatic carbocycles. The van der Waals surface area contributed by atoms with E-state index < -0.39 is 28.5 Å². The number of rotatable bonds is 6. The Morgan fingerprint density at radius 1 is 1.10 bits per heavy atom. The first-order valence-corrected chi connectivity index (χ1v) is 10.8. The highest BCUT2D eigenvalue weighted by atomic mass is 35.5. The van der Waals surface area contributed by atoms with Crippen molar-refractivity contribution in [2.75, 3.05) is 26.0 Å². The SMILES string of the molecule is CN(C)S(=O)(=O)c1cc(NC(=O)COC(=O)c2ccc3ccccc3c2O)ccc1Cl. The Morgan fingerprint density at radius 3 is 2.52 bits per heavy atom. The highest BCUT2D eigenvalue weighted by molar-refractivity contribution is 7.89. The Labute approximate surface area is 184 Å². The van der Waals surface area contributed by atoms with Crippen LogP contribution in [0.1, 0.15) is 10.4 Å². The van der Waals surface area contributed by atoms with E-state index >= 15 is 0 Å². The molecule has 2 N–H and O–H groups in total. The number of phenols is 1. The molecule has 0 aliphatic rings. The van der Waals surface area contributed by atoms with E-state index in [2.05, 4.69) is 5.32 Å². The lowest BCUT2D eigenvalue weighted by molar-refractivity contribution is -0.119. The average Bonchev–Trinajstić information content (AvgIpc) is 2.73. The van der Waals surface area contributed by atoms with E-state index in [4.69, 9.17) is 16.3 Å². The lowest BCUT2D eigenvalue weighted by atomic mass is 10.1. The molecule has 31 heavy (non-hydrogen) atoms. The van der Waals surface area contributed by atoms with Crippen molar-refractivity contribution in [2.45, 2.75) is 4.90 Å². The van der Waals surface area contributed by atoms with Gasteiger partial charge in [-0.15, -0.1) is 0 Å². The second kappa shape index (κ2) is 8.93. The lowest BCUT2D eigenvalue weighted by Crippen LogP contribution is -2.23. The number of aromatic hydroxyl groups is 1. The van der Waals surface area contributed by atoms with Gasteiger partial charge in [0, 0.05) is 25.2 Å². The summed E-state index contributed by atoms with van der Waals surface area (Å²) in [5, 5.41) is 14.0. The Kier molecular flexibility index (Phi) is 6.49. The maximum absolute atomic E-state index is 12.3. The molecule has 0 saturated carbocycles. The smallest absolute Gasteiger partial charge is 0.342 e. The number of ether oxygens (including phenoxy) is 1. The molecule has 0 aromatic heterocycles. The number of carbonyl (C=O) groups excluding carboxylic acids is 2. The van der Waals surface area contributed by atoms with Crippen molar-refractivity contribution in [3.05, 3.63) is 65.2 Å². The van der Waals surface area contributed by atoms with E-state index in [1.807, 2.05) is 0 Å². The number of sulfonamides is 1. The van der Waals surface area contributed by atoms with Crippen molar-refractivity contribution in [1.29, 1.82) is 0 Å². The van der Waals surface area contributed by atoms with Crippen LogP contribution in [0.4, 0.5) is 5.69 Å². The maximum Gasteiger partial charge on any atom is 0.342 e. The van der Waals surface area contributed by atoms with E-state index in [1.54, 1.807) is 30.3 Å². The van der Waals surface area contributed by atoms with Gasteiger partial charge in [0.1, 0.15) is 16.2 Å². The molecular formula is C21H19ClN2O6S. The van der Waals surface area contributed by atoms with E-state index in [0.717, 1.165) is 9.69 Å². The number of phenolic OH excluding ortho intramolecular Hbond substituents is 1. The number of benzene rings is 3. The number of fused-ring (bicyclic) bond motifs is 1. The molecule has 1 amide bonds. The predicted octanol–water partition coefficient (Wildman–Crippen LogP) is 3.24. The average molecular weight is 463 g/mol. The molecule has 0 aliphatic heterocycles. The van der Waals surface area contributed by atoms with Gasteiger partial charge >= 0.3 is 5.97 Å². The van der Waals surface area contributed by atoms with Crippen LogP contribution in [0, 0.1) is 0 Å². The first-order valence-electron chi connectivity index (χ1n) is 9.01. The van der Waals surface area contributed by atoms with Crippen molar-refractivity contribution in [3.63, 3.8) is 0 Å². The normalized spacial score (nSPS) is 11.5. The molecule has 3 aromatic rings. The second-order valence-electron chi connectivity index (χ2n) is 6.74. The fraction of sp³-hybridized carbons (Fsp3) is 0.143. The molecule has 162 valence electrons. The van der Waals surface area contributed by atoms with Crippen LogP contribution in [0.5, 0.6) is 5.75 Å². The number of anilines is 1. The van der Waals surface area contributed by atoms with Crippen LogP contribution < -0.4 is 5.32 Å². The summed E-state index contributed by atoms with van der Waals surface area (Å²) < 4.78 is 30.6. The summed E-state index contributed by atoms with van der Waals surface area (Å²) in [6.07, 6.45) is 0. The van der Waals surface area contributed by atoms with Crippen molar-refractivity contribution in [1.82, 2.24) is 4.31 Å². The van der Waals surface area contributed by atoms with Gasteiger partial charge < -0.3 is 15.2 Å². The fourth-order valence-electron chi connectivity index (χ4n) is 2.80. The van der Waals surface area contributed by atoms with Crippen LogP contribution in [0.2, 0.25) is 5.02 Å². The van der Waals surface area contributed by atoms with Gasteiger partial charge in [-0.25, -0.2) is 17.5 Å². The predicted molar refractivity (Wildman–Crippen MR) is 117 cm³/mol. The lowest BCUT2D eigenvalue weighted by Gasteiger charge is -2.14. The summed E-state index contributed by atoms with van der Waals surface area (Å²) in [7, 11) is -1.09. The minimum Gasteiger partial charge on any atom is -0.506 e. The van der Waals surface area contributed by atoms with Crippen LogP contribution in [0.25, 0.3) is 10.8 Å². The number of halogens is 1. The van der Waals surface area contributed by atoms with Crippen molar-refractivity contribution < 1.29 is 27.9 Å². The van der Waals surface area contributed by atoms with Crippen LogP contribution >= 0.6 is 11.6 Å². The number of esters is 1. The second-order valence-corrected chi connectivity index (χ2v) is 9.27. The summed E-state index contributed by atoms with van der Waals surface area (Å²) in [5.41, 5.74) is 0.0942. The zero-order chi connectivity index (χ0) is 22.8. The maximum atomic E-state index is 12.3. The van der Waals surface area contributed by atoms with Gasteiger partial charge in [-0.3, -0.25) is 4.79 Å². The molecule has 0 unspecified atom stereocenters. The molecule has 0 atom stereocenters. The third-order valence-corrected chi connectivity index (χ3v) is 6.73. The van der Waals surface area contributed by atoms with Crippen molar-refractivity contribution in [3.8, 4) is 5.75 Å². The molecule has 0 aliphatic carbocycles. The number of hydrogen-bond acceptors (Lipinski definition) is 6. The zero-order valence-electron chi connectivity index (χ0n) is 16.6. The number of nitrogens with zero attached hydrogens (tertiary/aromatic N) is 1. The summed E-state index contributed by atoms with van der Waals surface area (Å²) >= 11 is 5.98. The van der Waals surface area contributed by atoms with E-state index in [9.17, 15) is 23.1 Å². The minimum atomic E-state index is -3.81. The van der Waals surface area contributed by atoms with Crippen molar-refractivity contribution in [2.24, 2.45) is 0 Å². The largest absolute Gasteiger partial charge is 0.506 e. The molecule has 3 rings (SSSR count). The van der Waals surface area contributed by atoms with Gasteiger partial charge in [-0.05, 0) is 29.7 Å². The number of carbonyl (C=O) groups is 2. The summed E-state index contributed by atoms with van der Waals surface area (Å²) in [6, 6.07) is 14.0. The van der Waals surface area contributed by atoms with Gasteiger partial charge in [0.05, 0.1) is 5.02 Å². The molecule has 0 spiro atoms. The number of amides is 1. The molecule has 10 heteroatoms. The Morgan fingerprint density at radius 2 is 1.81 bits per heavy atom. The summed E-state index contributed by atoms with van der Waals surface area (Å²) in [5.74, 6) is -1.80. The Balaban J connectivity index is 1.70. The van der Waals surface area contributed by atoms with Gasteiger partial charge in [0.2, 0.25) is 10.0 Å². The summed E-state index contributed by atoms with van der Waals surface area (Å²) in [6.45, 7) is -0.635. The monoisotopic (exact) mass is 462 g/mol. The van der Waals surface area contributed by atoms with Crippen LogP contribution in [-0.4, -0.2) is 50.4 Å². The van der Waals surface area contributed by atoms with Crippen LogP contribution in [-0.2, 0) is 19.6 Å². The highest BCUT2D eigenvalue weighted by Crippen LogP contribution is 2.29. The Bertz CT molecular complexity index is 1270. The van der Waals surface area contributed by atoms with Gasteiger partial charge in [0.25, 0.3) is 5.91 Å². The Hall–Kier alpha value is -3.14. The first-order chi connectivity index (χ1) is 14.6. The van der Waals surface area contributed by atoms with Crippen LogP contribution in [0.3, 0.4) is 0 Å². The number of nitrogens with one attached hydrogen (secondary N) is 1. The van der Waals surface area contributed by atoms with Crippen LogP contribution in [0.15, 0.2) is 59.5 Å². The molecule has 0 radical (unpaired) electrons. The molecule has 0 bridgehead atoms. The number of hydrogen-bond donors (Lipinski definition) is 2. The minimum absolute atomic E-state index is 0.00454. The quantitative estimate of drug-likeness (QED) is 0.544. The van der Waals surface area contributed by atoms with Crippen molar-refractivity contribution >= 4 is 50.0 Å². The van der Waals surface area contributed by atoms with E-state index in [0.29, 0.717) is 5.39 Å². The first kappa shape index (κ1) is 22.5. The zero-order valence-corrected chi connectivity index (χ0v) is 18.2. The van der Waals surface area contributed by atoms with Gasteiger partial charge in [-0.1, -0.05) is 41.9 Å². The fourth-order valence-corrected chi connectivity index (χ4v) is 4.20. The molecular weight excluding hydrogens is 444 g/mol. The topological polar surface area (TPSA) is 113 Å². The highest BCUT2D eigenvalue weighted by Gasteiger charge is 2.22. The van der Waals surface area contributed by atoms with Gasteiger partial charge in [-0.2, -0.15) is 0 Å².